The molecule has 0 N–H and O–H groups in total. The summed E-state index contributed by atoms with van der Waals surface area (Å²) in [6, 6.07) is 0. The monoisotopic (exact) mass is 314 g/mol. The molecule has 0 aliphatic carbocycles. The van der Waals surface area contributed by atoms with Crippen LogP contribution in [0, 0.1) is 30.6 Å². The van der Waals surface area contributed by atoms with Gasteiger partial charge in [-0.1, -0.05) is 68.7 Å². The number of aryl methyl sites for hydroxylation is 1. The van der Waals surface area contributed by atoms with Crippen molar-refractivity contribution in [3.05, 3.63) is 22.1 Å². The van der Waals surface area contributed by atoms with Gasteiger partial charge in [0.2, 0.25) is 0 Å². The zero-order valence-corrected chi connectivity index (χ0v) is 16.4. The molecule has 1 aromatic rings. The molecule has 0 fully saturated rings. The van der Waals surface area contributed by atoms with Crippen molar-refractivity contribution in [1.29, 1.82) is 0 Å². The van der Waals surface area contributed by atoms with Gasteiger partial charge >= 0.3 is 5.82 Å². The van der Waals surface area contributed by atoms with E-state index in [2.05, 4.69) is 62.3 Å². The largest absolute Gasteiger partial charge is 0.519 e. The van der Waals surface area contributed by atoms with Crippen LogP contribution in [-0.4, -0.2) is 0 Å². The maximum Gasteiger partial charge on any atom is 0.519 e. The molecule has 1 heterocycles. The molecule has 0 saturated carbocycles. The summed E-state index contributed by atoms with van der Waals surface area (Å²) >= 11 is 0. The molecule has 0 aromatic carbocycles. The van der Waals surface area contributed by atoms with E-state index in [4.69, 9.17) is 8.83 Å². The maximum absolute atomic E-state index is 10.6. The summed E-state index contributed by atoms with van der Waals surface area (Å²) in [6.45, 7) is 21.5. The van der Waals surface area contributed by atoms with Crippen molar-refractivity contribution in [2.45, 2.75) is 82.1 Å². The first kappa shape index (κ1) is 23.3. The van der Waals surface area contributed by atoms with E-state index in [9.17, 15) is 4.79 Å². The van der Waals surface area contributed by atoms with Crippen LogP contribution >= 0.6 is 0 Å². The average molecular weight is 315 g/mol. The third-order valence-corrected chi connectivity index (χ3v) is 3.58. The molecule has 0 spiro atoms. The minimum absolute atomic E-state index is 0.481. The van der Waals surface area contributed by atoms with E-state index in [1.165, 1.54) is 6.42 Å². The predicted molar refractivity (Wildman–Crippen MR) is 95.3 cm³/mol. The lowest BCUT2D eigenvalue weighted by atomic mass is 10.0. The maximum atomic E-state index is 10.6. The molecule has 3 heteroatoms. The molecule has 22 heavy (non-hydrogen) atoms. The first-order valence-corrected chi connectivity index (χ1v) is 8.60. The van der Waals surface area contributed by atoms with Crippen molar-refractivity contribution in [2.24, 2.45) is 23.7 Å². The van der Waals surface area contributed by atoms with Gasteiger partial charge in [0, 0.05) is 6.42 Å². The lowest BCUT2D eigenvalue weighted by Gasteiger charge is -2.05. The van der Waals surface area contributed by atoms with Crippen molar-refractivity contribution in [2.75, 3.05) is 0 Å². The number of hydrogen-bond donors (Lipinski definition) is 0. The standard InChI is InChI=1S/C8H12O3.C6H14.C5H12/c1-5(2)4-7-6(3)10-8(9)11-7;1-5(2)6(3)4;1-4-5(2)3/h5H,4H2,1-3H3;5-6H,1-4H3;5H,4H2,1-3H3. The SMILES string of the molecule is CC(C)C(C)C.CCC(C)C.Cc1oc(=O)oc1CC(C)C. The fourth-order valence-electron chi connectivity index (χ4n) is 0.931. The molecule has 0 amide bonds. The second-order valence-corrected chi connectivity index (χ2v) is 7.32. The van der Waals surface area contributed by atoms with Crippen molar-refractivity contribution >= 4 is 0 Å². The number of rotatable bonds is 4. The quantitative estimate of drug-likeness (QED) is 0.675. The van der Waals surface area contributed by atoms with Crippen molar-refractivity contribution in [1.82, 2.24) is 0 Å². The molecule has 0 unspecified atom stereocenters. The Morgan fingerprint density at radius 3 is 1.41 bits per heavy atom. The Balaban J connectivity index is 0. The Morgan fingerprint density at radius 1 is 0.818 bits per heavy atom. The van der Waals surface area contributed by atoms with Crippen LogP contribution in [0.3, 0.4) is 0 Å². The van der Waals surface area contributed by atoms with Gasteiger partial charge in [0.25, 0.3) is 0 Å². The zero-order chi connectivity index (χ0) is 17.9. The van der Waals surface area contributed by atoms with E-state index < -0.39 is 5.82 Å². The van der Waals surface area contributed by atoms with Gasteiger partial charge in [-0.3, -0.25) is 0 Å². The van der Waals surface area contributed by atoms with E-state index >= 15 is 0 Å². The molecule has 1 rings (SSSR count). The van der Waals surface area contributed by atoms with E-state index in [0.29, 0.717) is 17.4 Å². The van der Waals surface area contributed by atoms with E-state index in [0.717, 1.165) is 24.2 Å². The van der Waals surface area contributed by atoms with Crippen LogP contribution in [0.2, 0.25) is 0 Å². The van der Waals surface area contributed by atoms with E-state index in [1.807, 2.05) is 0 Å². The van der Waals surface area contributed by atoms with Gasteiger partial charge in [-0.15, -0.1) is 0 Å². The molecule has 1 aromatic heterocycles. The summed E-state index contributed by atoms with van der Waals surface area (Å²) in [5, 5.41) is 0. The van der Waals surface area contributed by atoms with Crippen LogP contribution in [0.25, 0.3) is 0 Å². The molecule has 0 aliphatic rings. The normalized spacial score (nSPS) is 10.6. The highest BCUT2D eigenvalue weighted by atomic mass is 16.6. The fourth-order valence-corrected chi connectivity index (χ4v) is 0.931. The third-order valence-electron chi connectivity index (χ3n) is 3.58. The Morgan fingerprint density at radius 2 is 1.23 bits per heavy atom. The Bertz CT molecular complexity index is 403. The molecule has 0 atom stereocenters. The molecule has 132 valence electrons. The van der Waals surface area contributed by atoms with Crippen LogP contribution in [0.4, 0.5) is 0 Å². The van der Waals surface area contributed by atoms with Crippen LogP contribution in [0.15, 0.2) is 13.6 Å². The molecule has 0 radical (unpaired) electrons. The summed E-state index contributed by atoms with van der Waals surface area (Å²) in [5.41, 5.74) is 0. The lowest BCUT2D eigenvalue weighted by molar-refractivity contribution is 0.364. The van der Waals surface area contributed by atoms with Crippen molar-refractivity contribution < 1.29 is 8.83 Å². The molecule has 0 aliphatic heterocycles. The molecule has 0 saturated heterocycles. The Kier molecular flexibility index (Phi) is 13.3. The van der Waals surface area contributed by atoms with Crippen molar-refractivity contribution in [3.8, 4) is 0 Å². The summed E-state index contributed by atoms with van der Waals surface area (Å²) in [6.07, 6.45) is 2.07. The van der Waals surface area contributed by atoms with Gasteiger partial charge < -0.3 is 8.83 Å². The van der Waals surface area contributed by atoms with Gasteiger partial charge in [0.05, 0.1) is 0 Å². The molecule has 3 nitrogen and oxygen atoms in total. The van der Waals surface area contributed by atoms with E-state index in [-0.39, 0.29) is 0 Å². The minimum Gasteiger partial charge on any atom is -0.396 e. The summed E-state index contributed by atoms with van der Waals surface area (Å²) < 4.78 is 9.50. The summed E-state index contributed by atoms with van der Waals surface area (Å²) in [5.74, 6) is 3.74. The van der Waals surface area contributed by atoms with E-state index in [1.54, 1.807) is 6.92 Å². The second kappa shape index (κ2) is 12.5. The molecular weight excluding hydrogens is 276 g/mol. The predicted octanol–water partition coefficient (Wildman–Crippen LogP) is 6.09. The fraction of sp³-hybridized carbons (Fsp3) is 0.842. The van der Waals surface area contributed by atoms with Gasteiger partial charge in [0.15, 0.2) is 0 Å². The first-order valence-electron chi connectivity index (χ1n) is 8.60. The highest BCUT2D eigenvalue weighted by molar-refractivity contribution is 5.00. The van der Waals surface area contributed by atoms with Crippen molar-refractivity contribution in [3.63, 3.8) is 0 Å². The second-order valence-electron chi connectivity index (χ2n) is 7.32. The first-order chi connectivity index (χ1) is 10.0. The lowest BCUT2D eigenvalue weighted by Crippen LogP contribution is -1.95. The Labute approximate surface area is 137 Å². The van der Waals surface area contributed by atoms with Gasteiger partial charge in [-0.05, 0) is 30.6 Å². The van der Waals surface area contributed by atoms with Crippen LogP contribution in [0.5, 0.6) is 0 Å². The highest BCUT2D eigenvalue weighted by Crippen LogP contribution is 2.10. The summed E-state index contributed by atoms with van der Waals surface area (Å²) in [4.78, 5) is 10.6. The highest BCUT2D eigenvalue weighted by Gasteiger charge is 2.09. The number of hydrogen-bond acceptors (Lipinski definition) is 3. The molecule has 0 bridgehead atoms. The van der Waals surface area contributed by atoms with Crippen LogP contribution < -0.4 is 5.82 Å². The average Bonchev–Trinajstić information content (AvgIpc) is 2.68. The van der Waals surface area contributed by atoms with Gasteiger partial charge in [-0.2, -0.15) is 0 Å². The Hall–Kier alpha value is -0.990. The molecular formula is C19H38O3. The third kappa shape index (κ3) is 14.0. The minimum atomic E-state index is -0.599. The summed E-state index contributed by atoms with van der Waals surface area (Å²) in [7, 11) is 0. The zero-order valence-electron chi connectivity index (χ0n) is 16.4. The van der Waals surface area contributed by atoms with Gasteiger partial charge in [-0.25, -0.2) is 4.79 Å². The van der Waals surface area contributed by atoms with Crippen LogP contribution in [-0.2, 0) is 6.42 Å². The van der Waals surface area contributed by atoms with Gasteiger partial charge in [0.1, 0.15) is 11.5 Å². The van der Waals surface area contributed by atoms with Crippen LogP contribution in [0.1, 0.15) is 80.3 Å². The topological polar surface area (TPSA) is 43.4 Å². The smallest absolute Gasteiger partial charge is 0.396 e.